The molecule has 5 rings (SSSR count). The Balaban J connectivity index is 1.47. The highest BCUT2D eigenvalue weighted by atomic mass is 31.1. The molecule has 1 heterocycles. The zero-order valence-electron chi connectivity index (χ0n) is 31.9. The van der Waals surface area contributed by atoms with E-state index in [4.69, 9.17) is 13.9 Å². The number of carbonyl (C=O) groups is 1. The summed E-state index contributed by atoms with van der Waals surface area (Å²) in [5.41, 5.74) is 6.06. The van der Waals surface area contributed by atoms with E-state index in [0.29, 0.717) is 6.42 Å². The van der Waals surface area contributed by atoms with Crippen LogP contribution in [0.1, 0.15) is 70.7 Å². The monoisotopic (exact) mass is 761 g/mol. The van der Waals surface area contributed by atoms with Gasteiger partial charge in [-0.25, -0.2) is 4.39 Å². The van der Waals surface area contributed by atoms with E-state index >= 15 is 0 Å². The first-order valence-corrected chi connectivity index (χ1v) is 21.8. The molecular formula is C45H49FNO5PSi. The van der Waals surface area contributed by atoms with Crippen molar-refractivity contribution in [3.63, 3.8) is 0 Å². The molecule has 0 spiro atoms. The van der Waals surface area contributed by atoms with Crippen LogP contribution in [0, 0.1) is 17.7 Å². The first kappa shape index (κ1) is 40.5. The summed E-state index contributed by atoms with van der Waals surface area (Å²) in [5, 5.41) is 11.6. The summed E-state index contributed by atoms with van der Waals surface area (Å²) in [6.07, 6.45) is -0.604. The summed E-state index contributed by atoms with van der Waals surface area (Å²) in [6.45, 7) is 12.4. The molecule has 0 radical (unpaired) electrons. The first-order valence-electron chi connectivity index (χ1n) is 18.4. The minimum absolute atomic E-state index is 0.0114. The molecule has 4 aromatic carbocycles. The predicted molar refractivity (Wildman–Crippen MR) is 220 cm³/mol. The van der Waals surface area contributed by atoms with Crippen LogP contribution >= 0.6 is 8.03 Å². The predicted octanol–water partition coefficient (Wildman–Crippen LogP) is 9.50. The second kappa shape index (κ2) is 18.1. The number of hydrogen-bond donors (Lipinski definition) is 1. The number of pyridine rings is 1. The number of benzene rings is 4. The molecule has 5 aromatic rings. The van der Waals surface area contributed by atoms with Gasteiger partial charge in [0.15, 0.2) is 8.03 Å². The number of halogens is 1. The molecule has 0 aliphatic carbocycles. The van der Waals surface area contributed by atoms with E-state index < -0.39 is 33.5 Å². The van der Waals surface area contributed by atoms with Gasteiger partial charge in [-0.1, -0.05) is 157 Å². The Hall–Kier alpha value is -4.64. The van der Waals surface area contributed by atoms with Crippen LogP contribution in [0.3, 0.4) is 0 Å². The summed E-state index contributed by atoms with van der Waals surface area (Å²) in [7, 11) is -5.92. The van der Waals surface area contributed by atoms with Gasteiger partial charge in [0.25, 0.3) is 8.32 Å². The van der Waals surface area contributed by atoms with Gasteiger partial charge in [-0.05, 0) is 51.0 Å². The quantitative estimate of drug-likeness (QED) is 0.0690. The topological polar surface area (TPSA) is 85.7 Å². The lowest BCUT2D eigenvalue weighted by atomic mass is 9.87. The number of aliphatic carboxylic acids is 1. The van der Waals surface area contributed by atoms with Gasteiger partial charge >= 0.3 is 5.97 Å². The zero-order valence-corrected chi connectivity index (χ0v) is 33.9. The van der Waals surface area contributed by atoms with Crippen molar-refractivity contribution in [3.8, 4) is 34.2 Å². The van der Waals surface area contributed by atoms with E-state index in [2.05, 4.69) is 53.4 Å². The van der Waals surface area contributed by atoms with Crippen molar-refractivity contribution in [2.75, 3.05) is 12.8 Å². The van der Waals surface area contributed by atoms with Gasteiger partial charge in [-0.2, -0.15) is 0 Å². The Bertz CT molecular complexity index is 2070. The van der Waals surface area contributed by atoms with Crippen molar-refractivity contribution in [3.05, 3.63) is 138 Å². The van der Waals surface area contributed by atoms with Crippen molar-refractivity contribution in [1.29, 1.82) is 0 Å². The van der Waals surface area contributed by atoms with E-state index in [1.807, 2.05) is 91.0 Å². The second-order valence-electron chi connectivity index (χ2n) is 14.6. The molecule has 0 fully saturated rings. The summed E-state index contributed by atoms with van der Waals surface area (Å²) >= 11 is 0. The lowest BCUT2D eigenvalue weighted by Gasteiger charge is -2.45. The van der Waals surface area contributed by atoms with Crippen LogP contribution in [0.2, 0.25) is 5.04 Å². The van der Waals surface area contributed by atoms with Gasteiger partial charge < -0.3 is 14.1 Å². The molecule has 0 aliphatic heterocycles. The Morgan fingerprint density at radius 1 is 0.870 bits per heavy atom. The SMILES string of the molecule is CCc1c(-c2ccccc2)nc(C(C)C)c(C#CCO[PH](=O)C[C@H](CC(=O)O)O[Si](c2ccccc2)(c2ccccc2)C(C)(C)C)c1-c1ccc(F)cc1. The van der Waals surface area contributed by atoms with Crippen LogP contribution in [-0.2, 0) is 24.7 Å². The number of hydrogen-bond acceptors (Lipinski definition) is 5. The number of carboxylic acids is 1. The summed E-state index contributed by atoms with van der Waals surface area (Å²) in [4.78, 5) is 17.4. The molecule has 280 valence electrons. The average Bonchev–Trinajstić information content (AvgIpc) is 3.15. The molecule has 1 N–H and O–H groups in total. The summed E-state index contributed by atoms with van der Waals surface area (Å²) in [6, 6.07) is 36.3. The van der Waals surface area contributed by atoms with Gasteiger partial charge in [0, 0.05) is 17.3 Å². The Morgan fingerprint density at radius 2 is 1.43 bits per heavy atom. The van der Waals surface area contributed by atoms with Crippen molar-refractivity contribution in [1.82, 2.24) is 4.98 Å². The highest BCUT2D eigenvalue weighted by Crippen LogP contribution is 2.40. The smallest absolute Gasteiger partial charge is 0.305 e. The molecule has 0 saturated carbocycles. The van der Waals surface area contributed by atoms with Gasteiger partial charge in [0.1, 0.15) is 12.4 Å². The molecule has 54 heavy (non-hydrogen) atoms. The highest BCUT2D eigenvalue weighted by molar-refractivity contribution is 7.39. The molecule has 2 atom stereocenters. The third kappa shape index (κ3) is 9.34. The lowest BCUT2D eigenvalue weighted by Crippen LogP contribution is -2.68. The minimum atomic E-state index is -3.13. The van der Waals surface area contributed by atoms with Crippen LogP contribution in [-0.4, -0.2) is 43.2 Å². The normalized spacial score (nSPS) is 12.9. The van der Waals surface area contributed by atoms with Gasteiger partial charge in [0.05, 0.1) is 29.5 Å². The lowest BCUT2D eigenvalue weighted by molar-refractivity contribution is -0.138. The fourth-order valence-electron chi connectivity index (χ4n) is 7.08. The van der Waals surface area contributed by atoms with Crippen LogP contribution in [0.15, 0.2) is 115 Å². The highest BCUT2D eigenvalue weighted by Gasteiger charge is 2.51. The first-order chi connectivity index (χ1) is 25.9. The van der Waals surface area contributed by atoms with E-state index in [0.717, 1.165) is 49.6 Å². The molecule has 0 amide bonds. The third-order valence-corrected chi connectivity index (χ3v) is 15.8. The Morgan fingerprint density at radius 3 is 1.93 bits per heavy atom. The van der Waals surface area contributed by atoms with Gasteiger partial charge in [0.2, 0.25) is 0 Å². The van der Waals surface area contributed by atoms with E-state index in [-0.39, 0.29) is 30.9 Å². The molecule has 1 aromatic heterocycles. The Labute approximate surface area is 320 Å². The average molecular weight is 762 g/mol. The minimum Gasteiger partial charge on any atom is -0.481 e. The van der Waals surface area contributed by atoms with Gasteiger partial charge in [-0.3, -0.25) is 14.3 Å². The Kier molecular flexibility index (Phi) is 13.6. The molecule has 9 heteroatoms. The summed E-state index contributed by atoms with van der Waals surface area (Å²) < 4.78 is 40.7. The maximum Gasteiger partial charge on any atom is 0.305 e. The maximum atomic E-state index is 14.1. The number of aromatic nitrogens is 1. The standard InChI is InChI=1S/C45H49FNO5PSi/c1-7-39-42(33-25-27-35(46)28-26-33)40(43(32(2)3)47-44(39)34-18-11-8-12-19-34)24-17-29-51-53(50)31-36(30-41(48)49)52-54(45(4,5)6,37-20-13-9-14-21-37)38-22-15-10-16-23-38/h8-16,18-23,25-28,32,36,53H,7,29-31H2,1-6H3,(H,48,49)/t36-/m0/s1. The molecule has 0 saturated heterocycles. The van der Waals surface area contributed by atoms with E-state index in [1.165, 1.54) is 12.1 Å². The second-order valence-corrected chi connectivity index (χ2v) is 20.3. The fraction of sp³-hybridized carbons (Fsp3) is 0.289. The molecular weight excluding hydrogens is 713 g/mol. The van der Waals surface area contributed by atoms with Crippen molar-refractivity contribution in [2.45, 2.75) is 71.4 Å². The molecule has 0 bridgehead atoms. The summed E-state index contributed by atoms with van der Waals surface area (Å²) in [5.74, 6) is 5.03. The van der Waals surface area contributed by atoms with Gasteiger partial charge in [-0.15, -0.1) is 0 Å². The number of nitrogens with zero attached hydrogens (tertiary/aromatic N) is 1. The number of carboxylic acid groups (broad SMARTS) is 1. The zero-order chi connectivity index (χ0) is 38.9. The third-order valence-electron chi connectivity index (χ3n) is 9.48. The van der Waals surface area contributed by atoms with Crippen LogP contribution in [0.5, 0.6) is 0 Å². The fourth-order valence-corrected chi connectivity index (χ4v) is 12.9. The molecule has 0 aliphatic rings. The van der Waals surface area contributed by atoms with Crippen LogP contribution in [0.4, 0.5) is 4.39 Å². The van der Waals surface area contributed by atoms with Crippen molar-refractivity contribution < 1.29 is 27.8 Å². The molecule has 1 unspecified atom stereocenters. The van der Waals surface area contributed by atoms with E-state index in [9.17, 15) is 18.9 Å². The molecule has 6 nitrogen and oxygen atoms in total. The number of rotatable bonds is 14. The van der Waals surface area contributed by atoms with E-state index in [1.54, 1.807) is 12.1 Å². The maximum absolute atomic E-state index is 14.1. The van der Waals surface area contributed by atoms with Crippen molar-refractivity contribution in [2.24, 2.45) is 0 Å². The largest absolute Gasteiger partial charge is 0.481 e. The van der Waals surface area contributed by atoms with Crippen molar-refractivity contribution >= 4 is 32.7 Å². The van der Waals surface area contributed by atoms with Crippen LogP contribution < -0.4 is 10.4 Å². The van der Waals surface area contributed by atoms with Crippen LogP contribution in [0.25, 0.3) is 22.4 Å².